The Kier molecular flexibility index (Phi) is 4.52. The fourth-order valence-corrected chi connectivity index (χ4v) is 1.99. The van der Waals surface area contributed by atoms with Crippen molar-refractivity contribution in [2.45, 2.75) is 13.8 Å². The molecule has 0 aliphatic carbocycles. The summed E-state index contributed by atoms with van der Waals surface area (Å²) in [6, 6.07) is 5.77. The smallest absolute Gasteiger partial charge is 0.161 e. The minimum absolute atomic E-state index is 0.587. The second-order valence-electron chi connectivity index (χ2n) is 3.82. The third-order valence-electron chi connectivity index (χ3n) is 2.57. The largest absolute Gasteiger partial charge is 0.490 e. The van der Waals surface area contributed by atoms with Crippen LogP contribution in [0.25, 0.3) is 11.1 Å². The number of aromatic amines is 1. The van der Waals surface area contributed by atoms with E-state index in [4.69, 9.17) is 21.7 Å². The first-order valence-corrected chi connectivity index (χ1v) is 6.59. The Morgan fingerprint density at radius 1 is 1.16 bits per heavy atom. The highest BCUT2D eigenvalue weighted by Gasteiger charge is 2.08. The molecule has 1 aromatic carbocycles. The van der Waals surface area contributed by atoms with E-state index in [-0.39, 0.29) is 0 Å². The van der Waals surface area contributed by atoms with E-state index in [1.807, 2.05) is 32.0 Å². The van der Waals surface area contributed by atoms with E-state index in [9.17, 15) is 0 Å². The topological polar surface area (TPSA) is 47.1 Å². The molecular formula is C14H16N2O2S. The minimum Gasteiger partial charge on any atom is -0.490 e. The third-order valence-corrected chi connectivity index (χ3v) is 2.91. The van der Waals surface area contributed by atoms with Gasteiger partial charge in [-0.05, 0) is 31.5 Å². The van der Waals surface area contributed by atoms with Gasteiger partial charge in [0.05, 0.1) is 19.5 Å². The van der Waals surface area contributed by atoms with E-state index in [0.29, 0.717) is 17.9 Å². The van der Waals surface area contributed by atoms with Gasteiger partial charge in [-0.3, -0.25) is 0 Å². The second kappa shape index (κ2) is 6.33. The van der Waals surface area contributed by atoms with Gasteiger partial charge in [-0.2, -0.15) is 0 Å². The van der Waals surface area contributed by atoms with E-state index in [2.05, 4.69) is 9.97 Å². The molecule has 0 radical (unpaired) electrons. The van der Waals surface area contributed by atoms with Gasteiger partial charge in [0, 0.05) is 11.8 Å². The number of ether oxygens (including phenoxy) is 2. The van der Waals surface area contributed by atoms with Crippen LogP contribution >= 0.6 is 12.2 Å². The summed E-state index contributed by atoms with van der Waals surface area (Å²) in [5.74, 6) is 1.46. The number of rotatable bonds is 5. The standard InChI is InChI=1S/C14H16N2O2S/c1-3-17-12-6-5-10(7-13(12)18-4-2)11-8-15-9-16-14(11)19/h5-9H,3-4H2,1-2H3,(H,15,16,19). The van der Waals surface area contributed by atoms with Crippen molar-refractivity contribution in [2.75, 3.05) is 13.2 Å². The lowest BCUT2D eigenvalue weighted by Gasteiger charge is -2.12. The molecule has 100 valence electrons. The molecule has 0 aliphatic rings. The quantitative estimate of drug-likeness (QED) is 0.848. The molecule has 0 fully saturated rings. The molecule has 19 heavy (non-hydrogen) atoms. The van der Waals surface area contributed by atoms with Crippen LogP contribution in [0.5, 0.6) is 11.5 Å². The van der Waals surface area contributed by atoms with Gasteiger partial charge in [-0.25, -0.2) is 4.98 Å². The van der Waals surface area contributed by atoms with E-state index < -0.39 is 0 Å². The van der Waals surface area contributed by atoms with E-state index in [1.54, 1.807) is 12.5 Å². The molecule has 0 atom stereocenters. The Hall–Kier alpha value is -1.88. The molecule has 0 unspecified atom stereocenters. The van der Waals surface area contributed by atoms with Gasteiger partial charge in [-0.1, -0.05) is 18.3 Å². The van der Waals surface area contributed by atoms with Crippen molar-refractivity contribution >= 4 is 12.2 Å². The lowest BCUT2D eigenvalue weighted by atomic mass is 10.1. The molecule has 4 nitrogen and oxygen atoms in total. The van der Waals surface area contributed by atoms with Gasteiger partial charge < -0.3 is 14.5 Å². The monoisotopic (exact) mass is 276 g/mol. The van der Waals surface area contributed by atoms with Crippen molar-refractivity contribution in [2.24, 2.45) is 0 Å². The molecule has 1 N–H and O–H groups in total. The van der Waals surface area contributed by atoms with E-state index in [0.717, 1.165) is 22.6 Å². The fraction of sp³-hybridized carbons (Fsp3) is 0.286. The number of hydrogen-bond acceptors (Lipinski definition) is 4. The predicted octanol–water partition coefficient (Wildman–Crippen LogP) is 3.60. The zero-order chi connectivity index (χ0) is 13.7. The summed E-state index contributed by atoms with van der Waals surface area (Å²) in [6.45, 7) is 5.08. The van der Waals surface area contributed by atoms with Crippen molar-refractivity contribution in [1.29, 1.82) is 0 Å². The number of nitrogens with zero attached hydrogens (tertiary/aromatic N) is 1. The highest BCUT2D eigenvalue weighted by Crippen LogP contribution is 2.32. The van der Waals surface area contributed by atoms with Gasteiger partial charge in [0.15, 0.2) is 11.5 Å². The molecule has 1 aromatic heterocycles. The zero-order valence-corrected chi connectivity index (χ0v) is 11.8. The zero-order valence-electron chi connectivity index (χ0n) is 11.0. The Morgan fingerprint density at radius 3 is 2.58 bits per heavy atom. The van der Waals surface area contributed by atoms with Gasteiger partial charge in [0.1, 0.15) is 4.64 Å². The molecule has 0 spiro atoms. The SMILES string of the molecule is CCOc1ccc(-c2cnc[nH]c2=S)cc1OCC. The summed E-state index contributed by atoms with van der Waals surface area (Å²) >= 11 is 5.26. The molecule has 0 bridgehead atoms. The van der Waals surface area contributed by atoms with Crippen molar-refractivity contribution in [3.8, 4) is 22.6 Å². The van der Waals surface area contributed by atoms with Crippen LogP contribution in [0.4, 0.5) is 0 Å². The maximum Gasteiger partial charge on any atom is 0.161 e. The van der Waals surface area contributed by atoms with Crippen molar-refractivity contribution < 1.29 is 9.47 Å². The number of H-pyrrole nitrogens is 1. The molecular weight excluding hydrogens is 260 g/mol. The Balaban J connectivity index is 2.46. The van der Waals surface area contributed by atoms with Crippen molar-refractivity contribution in [3.05, 3.63) is 35.4 Å². The van der Waals surface area contributed by atoms with Gasteiger partial charge >= 0.3 is 0 Å². The molecule has 0 amide bonds. The molecule has 0 saturated heterocycles. The fourth-order valence-electron chi connectivity index (χ4n) is 1.77. The maximum absolute atomic E-state index is 5.60. The normalized spacial score (nSPS) is 10.2. The highest BCUT2D eigenvalue weighted by atomic mass is 32.1. The predicted molar refractivity (Wildman–Crippen MR) is 77.2 cm³/mol. The summed E-state index contributed by atoms with van der Waals surface area (Å²) in [4.78, 5) is 6.98. The van der Waals surface area contributed by atoms with Crippen LogP contribution < -0.4 is 9.47 Å². The van der Waals surface area contributed by atoms with Crippen LogP contribution in [0.2, 0.25) is 0 Å². The molecule has 0 saturated carbocycles. The summed E-state index contributed by atoms with van der Waals surface area (Å²) in [5, 5.41) is 0. The van der Waals surface area contributed by atoms with Crippen LogP contribution in [0.3, 0.4) is 0 Å². The highest BCUT2D eigenvalue weighted by molar-refractivity contribution is 7.71. The average molecular weight is 276 g/mol. The van der Waals surface area contributed by atoms with Gasteiger partial charge in [0.25, 0.3) is 0 Å². The first-order valence-electron chi connectivity index (χ1n) is 6.19. The third kappa shape index (κ3) is 3.12. The van der Waals surface area contributed by atoms with Crippen LogP contribution in [0.1, 0.15) is 13.8 Å². The lowest BCUT2D eigenvalue weighted by Crippen LogP contribution is -1.98. The molecule has 2 rings (SSSR count). The van der Waals surface area contributed by atoms with Crippen molar-refractivity contribution in [1.82, 2.24) is 9.97 Å². The number of hydrogen-bond donors (Lipinski definition) is 1. The summed E-state index contributed by atoms with van der Waals surface area (Å²) < 4.78 is 11.8. The molecule has 1 heterocycles. The maximum atomic E-state index is 5.60. The minimum atomic E-state index is 0.587. The number of aromatic nitrogens is 2. The van der Waals surface area contributed by atoms with E-state index >= 15 is 0 Å². The Labute approximate surface area is 117 Å². The molecule has 2 aromatic rings. The van der Waals surface area contributed by atoms with Crippen LogP contribution in [0.15, 0.2) is 30.7 Å². The second-order valence-corrected chi connectivity index (χ2v) is 4.23. The summed E-state index contributed by atoms with van der Waals surface area (Å²) in [6.07, 6.45) is 3.31. The molecule has 0 aliphatic heterocycles. The lowest BCUT2D eigenvalue weighted by molar-refractivity contribution is 0.288. The number of nitrogens with one attached hydrogen (secondary N) is 1. The first kappa shape index (κ1) is 13.5. The van der Waals surface area contributed by atoms with E-state index in [1.165, 1.54) is 0 Å². The van der Waals surface area contributed by atoms with Crippen molar-refractivity contribution in [3.63, 3.8) is 0 Å². The van der Waals surface area contributed by atoms with Crippen LogP contribution in [-0.2, 0) is 0 Å². The van der Waals surface area contributed by atoms with Crippen LogP contribution in [0, 0.1) is 4.64 Å². The Bertz CT molecular complexity index is 610. The number of benzene rings is 1. The summed E-state index contributed by atoms with van der Waals surface area (Å²) in [7, 11) is 0. The average Bonchev–Trinajstić information content (AvgIpc) is 2.42. The van der Waals surface area contributed by atoms with Gasteiger partial charge in [0.2, 0.25) is 0 Å². The first-order chi connectivity index (χ1) is 9.26. The van der Waals surface area contributed by atoms with Gasteiger partial charge in [-0.15, -0.1) is 0 Å². The summed E-state index contributed by atoms with van der Waals surface area (Å²) in [5.41, 5.74) is 1.84. The van der Waals surface area contributed by atoms with Crippen LogP contribution in [-0.4, -0.2) is 23.2 Å². The molecule has 5 heteroatoms. The Morgan fingerprint density at radius 2 is 1.89 bits per heavy atom.